The molecule has 5 N–H and O–H groups in total. The van der Waals surface area contributed by atoms with E-state index in [9.17, 15) is 19.2 Å². The number of unbranched alkanes of at least 4 members (excludes halogenated alkanes) is 5. The van der Waals surface area contributed by atoms with Gasteiger partial charge in [0.15, 0.2) is 12.4 Å². The Morgan fingerprint density at radius 2 is 1.80 bits per heavy atom. The maximum absolute atomic E-state index is 12.8. The zero-order chi connectivity index (χ0) is 31.9. The first-order valence-corrected chi connectivity index (χ1v) is 15.5. The van der Waals surface area contributed by atoms with E-state index in [1.807, 2.05) is 13.8 Å². The minimum atomic E-state index is -1.11. The molecular formula is C31H46N6O7. The molecule has 1 saturated heterocycles. The van der Waals surface area contributed by atoms with Gasteiger partial charge in [0.2, 0.25) is 17.7 Å². The number of carboxylic acids is 1. The summed E-state index contributed by atoms with van der Waals surface area (Å²) in [5, 5.41) is 18.8. The van der Waals surface area contributed by atoms with Gasteiger partial charge in [0.1, 0.15) is 17.4 Å². The summed E-state index contributed by atoms with van der Waals surface area (Å²) in [6.45, 7) is 5.13. The van der Waals surface area contributed by atoms with Crippen molar-refractivity contribution in [1.29, 1.82) is 0 Å². The van der Waals surface area contributed by atoms with Crippen LogP contribution >= 0.6 is 0 Å². The molecule has 2 atom stereocenters. The predicted molar refractivity (Wildman–Crippen MR) is 161 cm³/mol. The quantitative estimate of drug-likeness (QED) is 0.171. The minimum absolute atomic E-state index is 0.0169. The van der Waals surface area contributed by atoms with E-state index in [1.165, 1.54) is 12.1 Å². The predicted octanol–water partition coefficient (Wildman–Crippen LogP) is 3.35. The first-order chi connectivity index (χ1) is 21.2. The number of benzene rings is 1. The van der Waals surface area contributed by atoms with Crippen LogP contribution in [0.3, 0.4) is 0 Å². The lowest BCUT2D eigenvalue weighted by atomic mass is 10.0. The highest BCUT2D eigenvalue weighted by atomic mass is 16.5. The van der Waals surface area contributed by atoms with Crippen molar-refractivity contribution in [2.24, 2.45) is 11.7 Å². The molecule has 1 aliphatic rings. The first kappa shape index (κ1) is 34.5. The SMILES string of the molecule is CC(C)C[C@@H](N)C(=O)N1CCC[C@@H]1c1nc(CNC(=O)CCCCCCCCNC(=O)COc2ccccc2C(=O)O)no1. The number of nitrogens with one attached hydrogen (secondary N) is 2. The molecule has 13 heteroatoms. The van der Waals surface area contributed by atoms with E-state index in [-0.39, 0.29) is 48.2 Å². The van der Waals surface area contributed by atoms with E-state index < -0.39 is 12.0 Å². The van der Waals surface area contributed by atoms with Crippen LogP contribution in [0, 0.1) is 5.92 Å². The summed E-state index contributed by atoms with van der Waals surface area (Å²) in [7, 11) is 0. The van der Waals surface area contributed by atoms with Gasteiger partial charge in [-0.2, -0.15) is 4.98 Å². The Labute approximate surface area is 258 Å². The van der Waals surface area contributed by atoms with Crippen LogP contribution in [-0.2, 0) is 20.9 Å². The second-order valence-corrected chi connectivity index (χ2v) is 11.6. The number of carboxylic acid groups (broad SMARTS) is 1. The Morgan fingerprint density at radius 1 is 1.07 bits per heavy atom. The van der Waals surface area contributed by atoms with Gasteiger partial charge >= 0.3 is 5.97 Å². The molecule has 13 nitrogen and oxygen atoms in total. The zero-order valence-corrected chi connectivity index (χ0v) is 25.8. The van der Waals surface area contributed by atoms with Crippen LogP contribution in [0.1, 0.15) is 106 Å². The van der Waals surface area contributed by atoms with E-state index in [2.05, 4.69) is 20.8 Å². The lowest BCUT2D eigenvalue weighted by Crippen LogP contribution is -2.44. The fourth-order valence-electron chi connectivity index (χ4n) is 5.16. The number of aromatic nitrogens is 2. The molecular weight excluding hydrogens is 568 g/mol. The molecule has 2 heterocycles. The van der Waals surface area contributed by atoms with Crippen LogP contribution in [0.15, 0.2) is 28.8 Å². The van der Waals surface area contributed by atoms with Gasteiger partial charge in [0, 0.05) is 19.5 Å². The highest BCUT2D eigenvalue weighted by Crippen LogP contribution is 2.31. The number of carbonyl (C=O) groups excluding carboxylic acids is 3. The lowest BCUT2D eigenvalue weighted by Gasteiger charge is -2.25. The summed E-state index contributed by atoms with van der Waals surface area (Å²) in [5.74, 6) is -0.332. The number of hydrogen-bond donors (Lipinski definition) is 4. The molecule has 1 fully saturated rings. The number of ether oxygens (including phenoxy) is 1. The molecule has 0 bridgehead atoms. The van der Waals surface area contributed by atoms with E-state index in [0.29, 0.717) is 43.6 Å². The third-order valence-corrected chi connectivity index (χ3v) is 7.42. The maximum Gasteiger partial charge on any atom is 0.339 e. The van der Waals surface area contributed by atoms with Crippen LogP contribution in [0.25, 0.3) is 0 Å². The summed E-state index contributed by atoms with van der Waals surface area (Å²) in [5.41, 5.74) is 6.14. The molecule has 242 valence electrons. The average Bonchev–Trinajstić information content (AvgIpc) is 3.67. The normalized spacial score (nSPS) is 15.3. The van der Waals surface area contributed by atoms with Crippen LogP contribution in [0.5, 0.6) is 5.75 Å². The number of aromatic carboxylic acids is 1. The molecule has 3 rings (SSSR count). The molecule has 1 aliphatic heterocycles. The van der Waals surface area contributed by atoms with Gasteiger partial charge in [-0.25, -0.2) is 4.79 Å². The second kappa shape index (κ2) is 18.0. The summed E-state index contributed by atoms with van der Waals surface area (Å²) in [4.78, 5) is 54.4. The molecule has 0 saturated carbocycles. The van der Waals surface area contributed by atoms with Gasteiger partial charge in [-0.15, -0.1) is 0 Å². The molecule has 0 radical (unpaired) electrons. The number of rotatable bonds is 19. The highest BCUT2D eigenvalue weighted by molar-refractivity contribution is 5.91. The summed E-state index contributed by atoms with van der Waals surface area (Å²) >= 11 is 0. The van der Waals surface area contributed by atoms with Crippen molar-refractivity contribution >= 4 is 23.7 Å². The number of likely N-dealkylation sites (tertiary alicyclic amines) is 1. The summed E-state index contributed by atoms with van der Waals surface area (Å²) in [6, 6.07) is 5.37. The van der Waals surface area contributed by atoms with Crippen molar-refractivity contribution in [2.45, 2.75) is 96.7 Å². The molecule has 44 heavy (non-hydrogen) atoms. The molecule has 0 aliphatic carbocycles. The Bertz CT molecular complexity index is 1230. The van der Waals surface area contributed by atoms with Gasteiger partial charge in [0.05, 0.1) is 12.6 Å². The lowest BCUT2D eigenvalue weighted by molar-refractivity contribution is -0.134. The van der Waals surface area contributed by atoms with Crippen LogP contribution < -0.4 is 21.1 Å². The minimum Gasteiger partial charge on any atom is -0.483 e. The van der Waals surface area contributed by atoms with Gasteiger partial charge in [-0.3, -0.25) is 14.4 Å². The molecule has 1 aromatic carbocycles. The van der Waals surface area contributed by atoms with Crippen LogP contribution in [0.4, 0.5) is 0 Å². The van der Waals surface area contributed by atoms with E-state index in [4.69, 9.17) is 20.1 Å². The van der Waals surface area contributed by atoms with Crippen LogP contribution in [0.2, 0.25) is 0 Å². The smallest absolute Gasteiger partial charge is 0.339 e. The number of nitrogens with zero attached hydrogens (tertiary/aromatic N) is 3. The van der Waals surface area contributed by atoms with Crippen LogP contribution in [-0.4, -0.2) is 69.6 Å². The third-order valence-electron chi connectivity index (χ3n) is 7.42. The Kier molecular flexibility index (Phi) is 14.1. The number of amides is 3. The molecule has 0 spiro atoms. The van der Waals surface area contributed by atoms with Crippen molar-refractivity contribution in [3.8, 4) is 5.75 Å². The standard InChI is InChI=1S/C31H46N6O7/c1-21(2)18-23(32)30(40)37-17-11-13-24(37)29-35-26(36-44-29)19-34-27(38)15-7-5-3-4-6-10-16-33-28(39)20-43-25-14-9-8-12-22(25)31(41)42/h8-9,12,14,21,23-24H,3-7,10-11,13,15-20,32H2,1-2H3,(H,33,39)(H,34,38)(H,41,42)/t23-,24-/m1/s1. The molecule has 0 unspecified atom stereocenters. The highest BCUT2D eigenvalue weighted by Gasteiger charge is 2.36. The number of hydrogen-bond acceptors (Lipinski definition) is 9. The summed E-state index contributed by atoms with van der Waals surface area (Å²) < 4.78 is 10.8. The Balaban J connectivity index is 1.21. The van der Waals surface area contributed by atoms with Crippen molar-refractivity contribution in [3.05, 3.63) is 41.5 Å². The molecule has 2 aromatic rings. The first-order valence-electron chi connectivity index (χ1n) is 15.5. The average molecular weight is 615 g/mol. The fraction of sp³-hybridized carbons (Fsp3) is 0.613. The zero-order valence-electron chi connectivity index (χ0n) is 25.8. The van der Waals surface area contributed by atoms with Gasteiger partial charge in [-0.1, -0.05) is 56.8 Å². The number of nitrogens with two attached hydrogens (primary N) is 1. The van der Waals surface area contributed by atoms with Crippen molar-refractivity contribution < 1.29 is 33.5 Å². The largest absolute Gasteiger partial charge is 0.483 e. The van der Waals surface area contributed by atoms with Crippen molar-refractivity contribution in [2.75, 3.05) is 19.7 Å². The monoisotopic (exact) mass is 614 g/mol. The Hall–Kier alpha value is -4.00. The topological polar surface area (TPSA) is 190 Å². The van der Waals surface area contributed by atoms with E-state index in [1.54, 1.807) is 17.0 Å². The van der Waals surface area contributed by atoms with E-state index >= 15 is 0 Å². The van der Waals surface area contributed by atoms with Gasteiger partial charge in [0.25, 0.3) is 5.91 Å². The molecule has 3 amide bonds. The van der Waals surface area contributed by atoms with Gasteiger partial charge < -0.3 is 35.6 Å². The molecule has 1 aromatic heterocycles. The summed E-state index contributed by atoms with van der Waals surface area (Å²) in [6.07, 6.45) is 8.06. The second-order valence-electron chi connectivity index (χ2n) is 11.6. The maximum atomic E-state index is 12.8. The number of para-hydroxylation sites is 1. The number of carbonyl (C=O) groups is 4. The third kappa shape index (κ3) is 11.3. The van der Waals surface area contributed by atoms with Crippen molar-refractivity contribution in [1.82, 2.24) is 25.7 Å². The van der Waals surface area contributed by atoms with E-state index in [0.717, 1.165) is 51.4 Å². The fourth-order valence-corrected chi connectivity index (χ4v) is 5.16. The Morgan fingerprint density at radius 3 is 2.55 bits per heavy atom. The van der Waals surface area contributed by atoms with Crippen molar-refractivity contribution in [3.63, 3.8) is 0 Å². The van der Waals surface area contributed by atoms with Gasteiger partial charge in [-0.05, 0) is 50.2 Å².